The van der Waals surface area contributed by atoms with Gasteiger partial charge in [-0.15, -0.1) is 0 Å². The van der Waals surface area contributed by atoms with Crippen LogP contribution in [0.1, 0.15) is 11.3 Å². The lowest BCUT2D eigenvalue weighted by molar-refractivity contribution is 0.122. The Labute approximate surface area is 169 Å². The number of morpholine rings is 1. The van der Waals surface area contributed by atoms with Crippen LogP contribution in [0.5, 0.6) is 0 Å². The third-order valence-electron chi connectivity index (χ3n) is 5.70. The summed E-state index contributed by atoms with van der Waals surface area (Å²) in [6.45, 7) is 10.8. The molecule has 0 atom stereocenters. The van der Waals surface area contributed by atoms with E-state index in [0.29, 0.717) is 5.78 Å². The van der Waals surface area contributed by atoms with E-state index in [1.165, 1.54) is 0 Å². The third kappa shape index (κ3) is 3.33. The number of piperazine rings is 1. The summed E-state index contributed by atoms with van der Waals surface area (Å²) in [6.07, 6.45) is 3.42. The molecule has 5 rings (SSSR count). The molecule has 10 heteroatoms. The standard InChI is InChI=1S/C19H25N9O/c1-14-15(2)23-19-21-13-22-28(19)17(14)26-5-7-27(8-6-26)18-20-4-3-16(24-18)25-9-11-29-12-10-25/h3-4,13H,5-12H2,1-2H3. The smallest absolute Gasteiger partial charge is 0.254 e. The molecule has 3 aromatic heterocycles. The zero-order valence-corrected chi connectivity index (χ0v) is 16.8. The molecule has 152 valence electrons. The van der Waals surface area contributed by atoms with E-state index in [1.807, 2.05) is 23.7 Å². The van der Waals surface area contributed by atoms with Crippen LogP contribution in [0.3, 0.4) is 0 Å². The number of aryl methyl sites for hydroxylation is 1. The Kier molecular flexibility index (Phi) is 4.62. The molecule has 2 aliphatic heterocycles. The summed E-state index contributed by atoms with van der Waals surface area (Å²) < 4.78 is 7.29. The van der Waals surface area contributed by atoms with Crippen molar-refractivity contribution < 1.29 is 4.74 Å². The highest BCUT2D eigenvalue weighted by atomic mass is 16.5. The number of aromatic nitrogens is 6. The van der Waals surface area contributed by atoms with Gasteiger partial charge in [-0.2, -0.15) is 19.6 Å². The first kappa shape index (κ1) is 18.0. The highest BCUT2D eigenvalue weighted by molar-refractivity contribution is 5.55. The average Bonchev–Trinajstić information content (AvgIpc) is 3.23. The molecule has 0 spiro atoms. The molecule has 0 aromatic carbocycles. The van der Waals surface area contributed by atoms with E-state index in [9.17, 15) is 0 Å². The molecule has 0 unspecified atom stereocenters. The first-order chi connectivity index (χ1) is 14.2. The fourth-order valence-electron chi connectivity index (χ4n) is 3.97. The van der Waals surface area contributed by atoms with Crippen molar-refractivity contribution in [2.24, 2.45) is 0 Å². The Morgan fingerprint density at radius 3 is 2.41 bits per heavy atom. The van der Waals surface area contributed by atoms with Gasteiger partial charge >= 0.3 is 0 Å². The van der Waals surface area contributed by atoms with Crippen molar-refractivity contribution in [1.82, 2.24) is 29.5 Å². The fraction of sp³-hybridized carbons (Fsp3) is 0.526. The molecule has 0 aliphatic carbocycles. The van der Waals surface area contributed by atoms with Gasteiger partial charge in [0.2, 0.25) is 5.95 Å². The quantitative estimate of drug-likeness (QED) is 0.636. The molecule has 0 N–H and O–H groups in total. The lowest BCUT2D eigenvalue weighted by atomic mass is 10.2. The highest BCUT2D eigenvalue weighted by Crippen LogP contribution is 2.25. The molecule has 2 aliphatic rings. The van der Waals surface area contributed by atoms with E-state index in [1.54, 1.807) is 6.33 Å². The van der Waals surface area contributed by atoms with E-state index >= 15 is 0 Å². The predicted octanol–water partition coefficient (Wildman–Crippen LogP) is 0.694. The maximum atomic E-state index is 5.45. The second kappa shape index (κ2) is 7.43. The van der Waals surface area contributed by atoms with Crippen molar-refractivity contribution in [3.05, 3.63) is 29.8 Å². The number of rotatable bonds is 3. The van der Waals surface area contributed by atoms with Crippen LogP contribution in [-0.4, -0.2) is 82.0 Å². The minimum absolute atomic E-state index is 0.645. The Bertz CT molecular complexity index is 1010. The van der Waals surface area contributed by atoms with Crippen molar-refractivity contribution in [2.75, 3.05) is 67.2 Å². The fourth-order valence-corrected chi connectivity index (χ4v) is 3.97. The van der Waals surface area contributed by atoms with Crippen molar-refractivity contribution in [3.8, 4) is 0 Å². The number of hydrogen-bond acceptors (Lipinski definition) is 9. The molecule has 5 heterocycles. The summed E-state index contributed by atoms with van der Waals surface area (Å²) in [7, 11) is 0. The lowest BCUT2D eigenvalue weighted by Crippen LogP contribution is -2.48. The maximum absolute atomic E-state index is 5.45. The van der Waals surface area contributed by atoms with Crippen molar-refractivity contribution in [1.29, 1.82) is 0 Å². The molecular weight excluding hydrogens is 370 g/mol. The molecule has 0 bridgehead atoms. The zero-order chi connectivity index (χ0) is 19.8. The van der Waals surface area contributed by atoms with Crippen LogP contribution >= 0.6 is 0 Å². The van der Waals surface area contributed by atoms with Gasteiger partial charge in [0.05, 0.1) is 13.2 Å². The Morgan fingerprint density at radius 2 is 1.62 bits per heavy atom. The van der Waals surface area contributed by atoms with Gasteiger partial charge in [-0.1, -0.05) is 0 Å². The van der Waals surface area contributed by atoms with Gasteiger partial charge in [0.25, 0.3) is 5.78 Å². The van der Waals surface area contributed by atoms with Crippen LogP contribution in [0.15, 0.2) is 18.6 Å². The van der Waals surface area contributed by atoms with Gasteiger partial charge in [-0.25, -0.2) is 9.97 Å². The molecular formula is C19H25N9O. The Balaban J connectivity index is 1.34. The summed E-state index contributed by atoms with van der Waals surface area (Å²) in [6, 6.07) is 1.98. The van der Waals surface area contributed by atoms with Gasteiger partial charge in [0, 0.05) is 56.7 Å². The molecule has 2 fully saturated rings. The monoisotopic (exact) mass is 395 g/mol. The van der Waals surface area contributed by atoms with Crippen molar-refractivity contribution in [3.63, 3.8) is 0 Å². The summed E-state index contributed by atoms with van der Waals surface area (Å²) >= 11 is 0. The second-order valence-electron chi connectivity index (χ2n) is 7.41. The molecule has 3 aromatic rings. The largest absolute Gasteiger partial charge is 0.378 e. The number of hydrogen-bond donors (Lipinski definition) is 0. The van der Waals surface area contributed by atoms with Gasteiger partial charge in [0.1, 0.15) is 18.0 Å². The number of nitrogens with zero attached hydrogens (tertiary/aromatic N) is 9. The Morgan fingerprint density at radius 1 is 0.862 bits per heavy atom. The SMILES string of the molecule is Cc1nc2ncnn2c(N2CCN(c3nccc(N4CCOCC4)n3)CC2)c1C. The highest BCUT2D eigenvalue weighted by Gasteiger charge is 2.24. The van der Waals surface area contributed by atoms with Gasteiger partial charge in [-0.3, -0.25) is 0 Å². The van der Waals surface area contributed by atoms with Crippen molar-refractivity contribution in [2.45, 2.75) is 13.8 Å². The minimum Gasteiger partial charge on any atom is -0.378 e. The van der Waals surface area contributed by atoms with Crippen LogP contribution in [-0.2, 0) is 4.74 Å². The molecule has 0 saturated carbocycles. The minimum atomic E-state index is 0.645. The lowest BCUT2D eigenvalue weighted by Gasteiger charge is -2.37. The van der Waals surface area contributed by atoms with Crippen molar-refractivity contribution >= 4 is 23.4 Å². The summed E-state index contributed by atoms with van der Waals surface area (Å²) in [4.78, 5) is 25.0. The van der Waals surface area contributed by atoms with Gasteiger partial charge < -0.3 is 19.4 Å². The topological polar surface area (TPSA) is 87.8 Å². The van der Waals surface area contributed by atoms with Gasteiger partial charge in [0.15, 0.2) is 0 Å². The predicted molar refractivity (Wildman–Crippen MR) is 110 cm³/mol. The normalized spacial score (nSPS) is 17.9. The zero-order valence-electron chi connectivity index (χ0n) is 16.8. The summed E-state index contributed by atoms with van der Waals surface area (Å²) in [5.74, 6) is 3.49. The van der Waals surface area contributed by atoms with Crippen LogP contribution < -0.4 is 14.7 Å². The van der Waals surface area contributed by atoms with E-state index in [2.05, 4.69) is 41.7 Å². The van der Waals surface area contributed by atoms with E-state index in [4.69, 9.17) is 9.72 Å². The van der Waals surface area contributed by atoms with E-state index in [-0.39, 0.29) is 0 Å². The molecule has 10 nitrogen and oxygen atoms in total. The van der Waals surface area contributed by atoms with E-state index in [0.717, 1.165) is 81.3 Å². The average molecular weight is 395 g/mol. The van der Waals surface area contributed by atoms with Crippen LogP contribution in [0.25, 0.3) is 5.78 Å². The molecule has 29 heavy (non-hydrogen) atoms. The Hall–Kier alpha value is -3.01. The molecule has 2 saturated heterocycles. The molecule has 0 radical (unpaired) electrons. The van der Waals surface area contributed by atoms with E-state index < -0.39 is 0 Å². The van der Waals surface area contributed by atoms with Crippen LogP contribution in [0, 0.1) is 13.8 Å². The summed E-state index contributed by atoms with van der Waals surface area (Å²) in [5.41, 5.74) is 2.13. The summed E-state index contributed by atoms with van der Waals surface area (Å²) in [5, 5.41) is 4.38. The number of ether oxygens (including phenoxy) is 1. The number of fused-ring (bicyclic) bond motifs is 1. The number of anilines is 3. The molecule has 0 amide bonds. The third-order valence-corrected chi connectivity index (χ3v) is 5.70. The van der Waals surface area contributed by atoms with Crippen LogP contribution in [0.4, 0.5) is 17.6 Å². The first-order valence-corrected chi connectivity index (χ1v) is 10.0. The maximum Gasteiger partial charge on any atom is 0.254 e. The van der Waals surface area contributed by atoms with Gasteiger partial charge in [-0.05, 0) is 19.9 Å². The van der Waals surface area contributed by atoms with Crippen LogP contribution in [0.2, 0.25) is 0 Å². The second-order valence-corrected chi connectivity index (χ2v) is 7.41. The first-order valence-electron chi connectivity index (χ1n) is 10.0.